The second-order valence-corrected chi connectivity index (χ2v) is 1.92. The maximum absolute atomic E-state index is 3.69. The molecule has 0 saturated heterocycles. The fourth-order valence-corrected chi connectivity index (χ4v) is 0.555. The minimum Gasteiger partial charge on any atom is -0.394 e. The molecule has 0 aromatic carbocycles. The number of hydrogen-bond donors (Lipinski definition) is 0. The summed E-state index contributed by atoms with van der Waals surface area (Å²) in [6, 6.07) is 11.0. The molecular formula is C10H8BrN2Ni-2. The van der Waals surface area contributed by atoms with Crippen molar-refractivity contribution < 1.29 is 13.7 Å². The Balaban J connectivity index is 0.000000206. The first-order chi connectivity index (χ1) is 7.00. The number of pyridine rings is 2. The van der Waals surface area contributed by atoms with E-state index >= 15 is 0 Å². The predicted octanol–water partition coefficient (Wildman–Crippen LogP) is 2.61. The van der Waals surface area contributed by atoms with Crippen molar-refractivity contribution in [2.45, 2.75) is 0 Å². The van der Waals surface area contributed by atoms with Crippen LogP contribution in [-0.4, -0.2) is 9.97 Å². The van der Waals surface area contributed by atoms with Crippen molar-refractivity contribution in [1.29, 1.82) is 0 Å². The average molecular weight is 295 g/mol. The molecule has 4 heteroatoms. The minimum absolute atomic E-state index is 1.69. The predicted molar refractivity (Wildman–Crippen MR) is 55.1 cm³/mol. The van der Waals surface area contributed by atoms with Gasteiger partial charge in [0.05, 0.1) is 0 Å². The Kier molecular flexibility index (Phi) is 11.6. The second-order valence-electron chi connectivity index (χ2n) is 1.92. The number of aromatic nitrogens is 2. The maximum atomic E-state index is 3.69. The molecule has 0 spiro atoms. The van der Waals surface area contributed by atoms with E-state index in [0.29, 0.717) is 0 Å². The van der Waals surface area contributed by atoms with Crippen LogP contribution in [0.2, 0.25) is 0 Å². The summed E-state index contributed by atoms with van der Waals surface area (Å²) in [6.45, 7) is 0. The molecule has 0 amide bonds. The zero-order valence-corrected chi connectivity index (χ0v) is 9.78. The molecule has 0 radical (unpaired) electrons. The largest absolute Gasteiger partial charge is 0.394 e. The van der Waals surface area contributed by atoms with Gasteiger partial charge in [0, 0.05) is 0 Å². The van der Waals surface area contributed by atoms with Gasteiger partial charge in [-0.15, -0.1) is 0 Å². The van der Waals surface area contributed by atoms with Crippen LogP contribution in [0.1, 0.15) is 0 Å². The third-order valence-electron chi connectivity index (χ3n) is 1.03. The molecule has 0 saturated carbocycles. The van der Waals surface area contributed by atoms with Gasteiger partial charge >= 0.3 is 27.9 Å². The van der Waals surface area contributed by atoms with Crippen LogP contribution in [0.5, 0.6) is 0 Å². The first kappa shape index (κ1) is 13.3. The third-order valence-corrected chi connectivity index (χ3v) is 1.03. The van der Waals surface area contributed by atoms with E-state index in [1.165, 1.54) is 0 Å². The zero-order valence-electron chi connectivity index (χ0n) is 7.21. The second kappa shape index (κ2) is 12.3. The molecule has 0 atom stereocenters. The summed E-state index contributed by atoms with van der Waals surface area (Å²) < 4.78 is 0. The fourth-order valence-electron chi connectivity index (χ4n) is 0.555. The standard InChI is InChI=1S/2C5H4N.BrH.Ni/c2*1-2-4-6-5-3-1;;/h2*1-4H;1H;/q2*-1;;+1/p-1. The molecule has 2 nitrogen and oxygen atoms in total. The molecule has 0 aliphatic rings. The molecule has 0 N–H and O–H groups in total. The fraction of sp³-hybridized carbons (Fsp3) is 0. The molecule has 2 heterocycles. The monoisotopic (exact) mass is 293 g/mol. The van der Waals surface area contributed by atoms with Crippen LogP contribution < -0.4 is 0 Å². The van der Waals surface area contributed by atoms with E-state index in [2.05, 4.69) is 50.3 Å². The van der Waals surface area contributed by atoms with Gasteiger partial charge in [-0.25, -0.2) is 0 Å². The smallest absolute Gasteiger partial charge is 0.0813 e. The molecule has 2 aromatic rings. The van der Waals surface area contributed by atoms with Gasteiger partial charge in [-0.2, -0.15) is 36.4 Å². The van der Waals surface area contributed by atoms with Gasteiger partial charge in [0.1, 0.15) is 0 Å². The van der Waals surface area contributed by atoms with Crippen molar-refractivity contribution in [2.75, 3.05) is 0 Å². The first-order valence-corrected chi connectivity index (χ1v) is 6.10. The van der Waals surface area contributed by atoms with Crippen molar-refractivity contribution in [3.05, 3.63) is 61.2 Å². The van der Waals surface area contributed by atoms with Gasteiger partial charge in [-0.1, -0.05) is 24.8 Å². The number of halogens is 1. The van der Waals surface area contributed by atoms with E-state index in [0.717, 1.165) is 0 Å². The van der Waals surface area contributed by atoms with Crippen LogP contribution in [0.3, 0.4) is 0 Å². The van der Waals surface area contributed by atoms with Gasteiger partial charge in [0.2, 0.25) is 0 Å². The van der Waals surface area contributed by atoms with Crippen LogP contribution in [0.15, 0.2) is 48.8 Å². The summed E-state index contributed by atoms with van der Waals surface area (Å²) in [5, 5.41) is 0. The summed E-state index contributed by atoms with van der Waals surface area (Å²) in [7, 11) is 0. The SMILES string of the molecule is [Ni][Br].[c-]1ccccn1.[c-]1ccccn1. The number of rotatable bonds is 0. The average Bonchev–Trinajstić information content (AvgIpc) is 2.37. The van der Waals surface area contributed by atoms with Crippen LogP contribution in [0, 0.1) is 12.4 Å². The van der Waals surface area contributed by atoms with E-state index in [1.54, 1.807) is 24.5 Å². The normalized spacial score (nSPS) is 7.36. The van der Waals surface area contributed by atoms with Gasteiger partial charge in [-0.3, -0.25) is 0 Å². The molecule has 0 unspecified atom stereocenters. The number of nitrogens with zero attached hydrogens (tertiary/aromatic N) is 2. The molecule has 0 aliphatic carbocycles. The summed E-state index contributed by atoms with van der Waals surface area (Å²) in [4.78, 5) is 7.32. The Morgan fingerprint density at radius 2 is 1.21 bits per heavy atom. The molecule has 2 rings (SSSR count). The van der Waals surface area contributed by atoms with Gasteiger partial charge in [0.15, 0.2) is 0 Å². The Hall–Kier alpha value is -0.726. The maximum Gasteiger partial charge on any atom is -0.0813 e. The van der Waals surface area contributed by atoms with E-state index < -0.39 is 0 Å². The summed E-state index contributed by atoms with van der Waals surface area (Å²) in [6.07, 6.45) is 8.67. The summed E-state index contributed by atoms with van der Waals surface area (Å²) in [5.41, 5.74) is 0. The molecule has 0 bridgehead atoms. The van der Waals surface area contributed by atoms with Gasteiger partial charge < -0.3 is 9.97 Å². The summed E-state index contributed by atoms with van der Waals surface area (Å²) >= 11 is 6.25. The Morgan fingerprint density at radius 1 is 0.786 bits per heavy atom. The molecule has 0 aliphatic heterocycles. The van der Waals surface area contributed by atoms with Crippen molar-refractivity contribution in [3.63, 3.8) is 0 Å². The summed E-state index contributed by atoms with van der Waals surface area (Å²) in [5.74, 6) is 0. The molecule has 0 fully saturated rings. The van der Waals surface area contributed by atoms with Crippen molar-refractivity contribution in [2.24, 2.45) is 0 Å². The Morgan fingerprint density at radius 3 is 1.29 bits per heavy atom. The first-order valence-electron chi connectivity index (χ1n) is 3.66. The quantitative estimate of drug-likeness (QED) is 0.551. The molecular weight excluding hydrogens is 287 g/mol. The van der Waals surface area contributed by atoms with Crippen molar-refractivity contribution in [3.8, 4) is 0 Å². The van der Waals surface area contributed by atoms with Crippen molar-refractivity contribution in [1.82, 2.24) is 9.97 Å². The van der Waals surface area contributed by atoms with Crippen molar-refractivity contribution >= 4 is 14.2 Å². The topological polar surface area (TPSA) is 25.8 Å². The minimum atomic E-state index is 1.69. The van der Waals surface area contributed by atoms with Crippen LogP contribution >= 0.6 is 14.2 Å². The van der Waals surface area contributed by atoms with Gasteiger partial charge in [-0.05, 0) is 0 Å². The number of hydrogen-bond acceptors (Lipinski definition) is 2. The van der Waals surface area contributed by atoms with Crippen LogP contribution in [0.25, 0.3) is 0 Å². The molecule has 77 valence electrons. The molecule has 2 aromatic heterocycles. The molecule has 14 heavy (non-hydrogen) atoms. The van der Waals surface area contributed by atoms with Gasteiger partial charge in [0.25, 0.3) is 0 Å². The van der Waals surface area contributed by atoms with Crippen LogP contribution in [0.4, 0.5) is 0 Å². The zero-order chi connectivity index (χ0) is 10.5. The van der Waals surface area contributed by atoms with E-state index in [-0.39, 0.29) is 0 Å². The third kappa shape index (κ3) is 9.36. The van der Waals surface area contributed by atoms with E-state index in [1.807, 2.05) is 24.3 Å². The Labute approximate surface area is 98.9 Å². The Bertz CT molecular complexity index is 194. The van der Waals surface area contributed by atoms with E-state index in [4.69, 9.17) is 0 Å². The van der Waals surface area contributed by atoms with Crippen LogP contribution in [-0.2, 0) is 13.7 Å². The van der Waals surface area contributed by atoms with E-state index in [9.17, 15) is 0 Å².